The van der Waals surface area contributed by atoms with E-state index in [1.807, 2.05) is 37.4 Å². The van der Waals surface area contributed by atoms with Gasteiger partial charge in [-0.3, -0.25) is 4.79 Å². The number of para-hydroxylation sites is 1. The zero-order chi connectivity index (χ0) is 13.9. The summed E-state index contributed by atoms with van der Waals surface area (Å²) in [6.07, 6.45) is 15.1. The molecule has 2 aliphatic rings. The van der Waals surface area contributed by atoms with Gasteiger partial charge in [0.2, 0.25) is 0 Å². The van der Waals surface area contributed by atoms with E-state index in [9.17, 15) is 4.79 Å². The smallest absolute Gasteiger partial charge is 0.178 e. The Morgan fingerprint density at radius 3 is 2.50 bits per heavy atom. The summed E-state index contributed by atoms with van der Waals surface area (Å²) < 4.78 is 0. The van der Waals surface area contributed by atoms with Crippen molar-refractivity contribution in [1.29, 1.82) is 0 Å². The lowest BCUT2D eigenvalue weighted by molar-refractivity contribution is -0.110. The van der Waals surface area contributed by atoms with Crippen molar-refractivity contribution in [3.63, 3.8) is 0 Å². The van der Waals surface area contributed by atoms with Gasteiger partial charge >= 0.3 is 0 Å². The van der Waals surface area contributed by atoms with Crippen molar-refractivity contribution in [1.82, 2.24) is 0 Å². The molecule has 0 N–H and O–H groups in total. The number of rotatable bonds is 1. The number of hydrogen-bond acceptors (Lipinski definition) is 2. The molecule has 0 atom stereocenters. The molecule has 1 aliphatic carbocycles. The summed E-state index contributed by atoms with van der Waals surface area (Å²) in [4.78, 5) is 13.2. The fraction of sp³-hybridized carbons (Fsp3) is 0.0556. The number of carbonyl (C=O) groups is 1. The highest BCUT2D eigenvalue weighted by atomic mass is 16.1. The number of ketones is 1. The summed E-state index contributed by atoms with van der Waals surface area (Å²) in [5, 5.41) is 0. The number of allylic oxidation sites excluding steroid dienone is 9. The van der Waals surface area contributed by atoms with E-state index in [1.54, 1.807) is 12.2 Å². The molecule has 0 saturated heterocycles. The molecular weight excluding hydrogens is 246 g/mol. The van der Waals surface area contributed by atoms with Gasteiger partial charge in [-0.2, -0.15) is 0 Å². The Kier molecular flexibility index (Phi) is 3.21. The van der Waals surface area contributed by atoms with E-state index < -0.39 is 0 Å². The van der Waals surface area contributed by atoms with Crippen LogP contribution in [0.25, 0.3) is 5.57 Å². The maximum atomic E-state index is 11.1. The molecule has 0 fully saturated rings. The highest BCUT2D eigenvalue weighted by molar-refractivity contribution is 6.01. The molecule has 0 spiro atoms. The van der Waals surface area contributed by atoms with Crippen molar-refractivity contribution in [3.8, 4) is 0 Å². The van der Waals surface area contributed by atoms with E-state index in [0.29, 0.717) is 0 Å². The van der Waals surface area contributed by atoms with Crippen LogP contribution in [0.5, 0.6) is 0 Å². The molecule has 0 saturated carbocycles. The van der Waals surface area contributed by atoms with Crippen LogP contribution in [0.2, 0.25) is 0 Å². The minimum atomic E-state index is 0.0411. The van der Waals surface area contributed by atoms with Crippen LogP contribution in [0.4, 0.5) is 5.69 Å². The van der Waals surface area contributed by atoms with E-state index in [1.165, 1.54) is 16.8 Å². The number of nitrogens with zero attached hydrogens (tertiary/aromatic N) is 1. The molecular formula is C18H15NO. The van der Waals surface area contributed by atoms with Gasteiger partial charge in [0.25, 0.3) is 0 Å². The number of hydrogen-bond donors (Lipinski definition) is 0. The predicted molar refractivity (Wildman–Crippen MR) is 83.3 cm³/mol. The standard InChI is InChI=1S/C18H15NO/c1-19-13-12-15(17-4-2-3-5-18(17)19)9-6-14-7-10-16(20)11-8-14/h2-13H,1H3. The first-order valence-corrected chi connectivity index (χ1v) is 6.56. The van der Waals surface area contributed by atoms with Gasteiger partial charge in [0.15, 0.2) is 5.78 Å². The Hall–Kier alpha value is -2.61. The molecule has 0 bridgehead atoms. The van der Waals surface area contributed by atoms with Gasteiger partial charge in [0, 0.05) is 24.5 Å². The first-order chi connectivity index (χ1) is 9.74. The summed E-state index contributed by atoms with van der Waals surface area (Å²) in [6.45, 7) is 0. The topological polar surface area (TPSA) is 20.3 Å². The van der Waals surface area contributed by atoms with E-state index in [0.717, 1.165) is 5.57 Å². The lowest BCUT2D eigenvalue weighted by Crippen LogP contribution is -2.13. The number of fused-ring (bicyclic) bond motifs is 1. The van der Waals surface area contributed by atoms with E-state index in [2.05, 4.69) is 35.4 Å². The van der Waals surface area contributed by atoms with Gasteiger partial charge in [0.05, 0.1) is 0 Å². The van der Waals surface area contributed by atoms with Crippen molar-refractivity contribution >= 4 is 17.0 Å². The second kappa shape index (κ2) is 5.17. The Labute approximate surface area is 118 Å². The van der Waals surface area contributed by atoms with E-state index >= 15 is 0 Å². The maximum Gasteiger partial charge on any atom is 0.178 e. The van der Waals surface area contributed by atoms with Crippen LogP contribution < -0.4 is 4.90 Å². The molecule has 1 aromatic rings. The maximum absolute atomic E-state index is 11.1. The number of carbonyl (C=O) groups excluding carboxylic acids is 1. The molecule has 1 aromatic carbocycles. The zero-order valence-electron chi connectivity index (χ0n) is 11.3. The Morgan fingerprint density at radius 1 is 0.950 bits per heavy atom. The quantitative estimate of drug-likeness (QED) is 0.769. The molecule has 1 aliphatic heterocycles. The van der Waals surface area contributed by atoms with Crippen LogP contribution >= 0.6 is 0 Å². The van der Waals surface area contributed by atoms with Gasteiger partial charge in [-0.05, 0) is 35.4 Å². The normalized spacial score (nSPS) is 18.6. The fourth-order valence-corrected chi connectivity index (χ4v) is 2.30. The minimum Gasteiger partial charge on any atom is -0.351 e. The lowest BCUT2D eigenvalue weighted by atomic mass is 9.99. The van der Waals surface area contributed by atoms with Crippen molar-refractivity contribution in [2.75, 3.05) is 11.9 Å². The van der Waals surface area contributed by atoms with Crippen LogP contribution in [0, 0.1) is 0 Å². The summed E-state index contributed by atoms with van der Waals surface area (Å²) in [7, 11) is 2.04. The molecule has 0 unspecified atom stereocenters. The molecule has 1 heterocycles. The van der Waals surface area contributed by atoms with Crippen LogP contribution in [0.3, 0.4) is 0 Å². The van der Waals surface area contributed by atoms with Gasteiger partial charge in [-0.25, -0.2) is 0 Å². The molecule has 98 valence electrons. The highest BCUT2D eigenvalue weighted by Gasteiger charge is 2.11. The van der Waals surface area contributed by atoms with Crippen molar-refractivity contribution in [2.24, 2.45) is 0 Å². The molecule has 0 aromatic heterocycles. The van der Waals surface area contributed by atoms with Crippen molar-refractivity contribution < 1.29 is 4.79 Å². The Morgan fingerprint density at radius 2 is 1.70 bits per heavy atom. The molecule has 0 amide bonds. The second-order valence-corrected chi connectivity index (χ2v) is 4.80. The van der Waals surface area contributed by atoms with Crippen LogP contribution in [-0.4, -0.2) is 12.8 Å². The molecule has 2 heteroatoms. The van der Waals surface area contributed by atoms with E-state index in [4.69, 9.17) is 0 Å². The summed E-state index contributed by atoms with van der Waals surface area (Å²) >= 11 is 0. The monoisotopic (exact) mass is 261 g/mol. The molecule has 0 radical (unpaired) electrons. The lowest BCUT2D eigenvalue weighted by Gasteiger charge is -2.23. The van der Waals surface area contributed by atoms with Gasteiger partial charge < -0.3 is 4.90 Å². The van der Waals surface area contributed by atoms with Crippen LogP contribution in [-0.2, 0) is 4.79 Å². The summed E-state index contributed by atoms with van der Waals surface area (Å²) in [6, 6.07) is 8.32. The van der Waals surface area contributed by atoms with Crippen molar-refractivity contribution in [2.45, 2.75) is 0 Å². The van der Waals surface area contributed by atoms with Crippen molar-refractivity contribution in [3.05, 3.63) is 84.1 Å². The zero-order valence-corrected chi connectivity index (χ0v) is 11.3. The molecule has 20 heavy (non-hydrogen) atoms. The predicted octanol–water partition coefficient (Wildman–Crippen LogP) is 3.66. The van der Waals surface area contributed by atoms with E-state index in [-0.39, 0.29) is 5.78 Å². The first kappa shape index (κ1) is 12.4. The number of benzene rings is 1. The first-order valence-electron chi connectivity index (χ1n) is 6.56. The second-order valence-electron chi connectivity index (χ2n) is 4.80. The third kappa shape index (κ3) is 2.41. The largest absolute Gasteiger partial charge is 0.351 e. The van der Waals surface area contributed by atoms with Gasteiger partial charge in [0.1, 0.15) is 0 Å². The average Bonchev–Trinajstić information content (AvgIpc) is 2.49. The minimum absolute atomic E-state index is 0.0411. The average molecular weight is 261 g/mol. The number of anilines is 1. The third-order valence-electron chi connectivity index (χ3n) is 3.41. The highest BCUT2D eigenvalue weighted by Crippen LogP contribution is 2.31. The molecule has 2 nitrogen and oxygen atoms in total. The van der Waals surface area contributed by atoms with Crippen LogP contribution in [0.1, 0.15) is 5.56 Å². The summed E-state index contributed by atoms with van der Waals surface area (Å²) in [5.74, 6) is 0.0411. The Bertz CT molecular complexity index is 684. The van der Waals surface area contributed by atoms with Crippen LogP contribution in [0.15, 0.2) is 78.6 Å². The Balaban J connectivity index is 1.95. The SMILES string of the molecule is CN1C=CC(=CC=C2C=CC(=O)C=C2)c2ccccc21. The third-order valence-corrected chi connectivity index (χ3v) is 3.41. The fourth-order valence-electron chi connectivity index (χ4n) is 2.30. The molecule has 3 rings (SSSR count). The van der Waals surface area contributed by atoms with Gasteiger partial charge in [-0.1, -0.05) is 42.5 Å². The summed E-state index contributed by atoms with van der Waals surface area (Å²) in [5.41, 5.74) is 4.62. The van der Waals surface area contributed by atoms with Gasteiger partial charge in [-0.15, -0.1) is 0 Å².